The van der Waals surface area contributed by atoms with E-state index in [2.05, 4.69) is 9.38 Å². The Bertz CT molecular complexity index is 514. The van der Waals surface area contributed by atoms with Crippen molar-refractivity contribution < 1.29 is 8.42 Å². The SMILES string of the molecule is CN1c2ncn(C)c2C(N)=NS1(=O)=O. The van der Waals surface area contributed by atoms with Crippen molar-refractivity contribution in [2.45, 2.75) is 0 Å². The Morgan fingerprint density at radius 2 is 2.07 bits per heavy atom. The van der Waals surface area contributed by atoms with Gasteiger partial charge in [-0.25, -0.2) is 9.29 Å². The summed E-state index contributed by atoms with van der Waals surface area (Å²) in [4.78, 5) is 3.93. The van der Waals surface area contributed by atoms with Gasteiger partial charge in [0.05, 0.1) is 6.33 Å². The van der Waals surface area contributed by atoms with E-state index in [1.54, 1.807) is 11.6 Å². The molecule has 2 heterocycles. The molecule has 0 amide bonds. The van der Waals surface area contributed by atoms with Crippen LogP contribution < -0.4 is 10.0 Å². The van der Waals surface area contributed by atoms with Gasteiger partial charge in [0.1, 0.15) is 5.69 Å². The maximum absolute atomic E-state index is 11.4. The highest BCUT2D eigenvalue weighted by molar-refractivity contribution is 7.91. The normalized spacial score (nSPS) is 19.0. The summed E-state index contributed by atoms with van der Waals surface area (Å²) in [5, 5.41) is 0. The fourth-order valence-corrected chi connectivity index (χ4v) is 2.09. The van der Waals surface area contributed by atoms with Gasteiger partial charge in [0.25, 0.3) is 0 Å². The van der Waals surface area contributed by atoms with Crippen LogP contribution in [0.5, 0.6) is 0 Å². The Balaban J connectivity index is 2.77. The molecule has 0 radical (unpaired) electrons. The van der Waals surface area contributed by atoms with E-state index in [9.17, 15) is 8.42 Å². The number of rotatable bonds is 0. The van der Waals surface area contributed by atoms with Gasteiger partial charge in [-0.15, -0.1) is 4.40 Å². The lowest BCUT2D eigenvalue weighted by Crippen LogP contribution is -2.35. The van der Waals surface area contributed by atoms with Crippen molar-refractivity contribution in [1.29, 1.82) is 0 Å². The van der Waals surface area contributed by atoms with E-state index < -0.39 is 10.2 Å². The summed E-state index contributed by atoms with van der Waals surface area (Å²) < 4.78 is 28.8. The number of hydrogen-bond acceptors (Lipinski definition) is 4. The lowest BCUT2D eigenvalue weighted by Gasteiger charge is -2.20. The van der Waals surface area contributed by atoms with Gasteiger partial charge in [-0.3, -0.25) is 0 Å². The van der Waals surface area contributed by atoms with E-state index in [4.69, 9.17) is 5.73 Å². The van der Waals surface area contributed by atoms with Gasteiger partial charge >= 0.3 is 10.2 Å². The molecule has 1 aliphatic rings. The number of nitrogens with two attached hydrogens (primary N) is 1. The molecule has 0 unspecified atom stereocenters. The van der Waals surface area contributed by atoms with Crippen LogP contribution >= 0.6 is 0 Å². The summed E-state index contributed by atoms with van der Waals surface area (Å²) in [7, 11) is -0.582. The van der Waals surface area contributed by atoms with Crippen LogP contribution in [0.3, 0.4) is 0 Å². The number of amidine groups is 1. The van der Waals surface area contributed by atoms with Gasteiger partial charge in [0, 0.05) is 14.1 Å². The molecule has 2 rings (SSSR count). The standard InChI is InChI=1S/C6H9N5O2S/c1-10-3-8-6-4(10)5(7)9-14(12,13)11(6)2/h3H,1-2H3,(H2,7,9). The summed E-state index contributed by atoms with van der Waals surface area (Å²) in [5.74, 6) is 0.276. The second-order valence-corrected chi connectivity index (χ2v) is 4.58. The zero-order valence-corrected chi connectivity index (χ0v) is 8.48. The molecule has 0 atom stereocenters. The minimum atomic E-state index is -3.69. The van der Waals surface area contributed by atoms with Crippen LogP contribution in [0, 0.1) is 0 Å². The van der Waals surface area contributed by atoms with Crippen LogP contribution in [-0.2, 0) is 17.3 Å². The first-order valence-corrected chi connectivity index (χ1v) is 5.19. The van der Waals surface area contributed by atoms with E-state index in [0.29, 0.717) is 11.5 Å². The Morgan fingerprint density at radius 3 is 2.71 bits per heavy atom. The predicted molar refractivity (Wildman–Crippen MR) is 51.3 cm³/mol. The van der Waals surface area contributed by atoms with E-state index in [0.717, 1.165) is 4.31 Å². The van der Waals surface area contributed by atoms with Gasteiger partial charge in [-0.2, -0.15) is 8.42 Å². The number of fused-ring (bicyclic) bond motifs is 1. The molecule has 0 bridgehead atoms. The van der Waals surface area contributed by atoms with E-state index in [-0.39, 0.29) is 5.84 Å². The second kappa shape index (κ2) is 2.47. The molecule has 0 saturated carbocycles. The molecule has 76 valence electrons. The number of imidazole rings is 1. The average Bonchev–Trinajstić information content (AvgIpc) is 2.43. The highest BCUT2D eigenvalue weighted by Crippen LogP contribution is 2.24. The van der Waals surface area contributed by atoms with Crippen LogP contribution in [0.25, 0.3) is 0 Å². The first kappa shape index (κ1) is 9.00. The summed E-state index contributed by atoms with van der Waals surface area (Å²) >= 11 is 0. The molecule has 0 saturated heterocycles. The minimum Gasteiger partial charge on any atom is -0.381 e. The molecular formula is C6H9N5O2S. The first-order valence-electron chi connectivity index (χ1n) is 3.79. The maximum atomic E-state index is 11.4. The summed E-state index contributed by atoms with van der Waals surface area (Å²) in [6.45, 7) is 0. The molecule has 1 aromatic rings. The van der Waals surface area contributed by atoms with Crippen molar-refractivity contribution in [3.63, 3.8) is 0 Å². The summed E-state index contributed by atoms with van der Waals surface area (Å²) in [5.41, 5.74) is 6.03. The molecule has 1 aromatic heterocycles. The van der Waals surface area contributed by atoms with Crippen molar-refractivity contribution >= 4 is 21.9 Å². The van der Waals surface area contributed by atoms with Crippen molar-refractivity contribution in [2.24, 2.45) is 17.2 Å². The molecule has 14 heavy (non-hydrogen) atoms. The number of anilines is 1. The molecule has 7 nitrogen and oxygen atoms in total. The Hall–Kier alpha value is -1.57. The Labute approximate surface area is 81.1 Å². The Kier molecular flexibility index (Phi) is 1.59. The van der Waals surface area contributed by atoms with Crippen molar-refractivity contribution in [3.8, 4) is 0 Å². The lowest BCUT2D eigenvalue weighted by atomic mass is 10.4. The third-order valence-electron chi connectivity index (χ3n) is 2.02. The van der Waals surface area contributed by atoms with Gasteiger partial charge in [0.15, 0.2) is 11.7 Å². The number of aromatic nitrogens is 2. The zero-order chi connectivity index (χ0) is 10.5. The molecule has 1 aliphatic heterocycles. The summed E-state index contributed by atoms with van der Waals surface area (Å²) in [6.07, 6.45) is 1.49. The van der Waals surface area contributed by atoms with Crippen molar-refractivity contribution in [1.82, 2.24) is 9.55 Å². The van der Waals surface area contributed by atoms with E-state index >= 15 is 0 Å². The number of aryl methyl sites for hydroxylation is 1. The highest BCUT2D eigenvalue weighted by Gasteiger charge is 2.30. The molecule has 0 fully saturated rings. The average molecular weight is 215 g/mol. The van der Waals surface area contributed by atoms with E-state index in [1.807, 2.05) is 0 Å². The third kappa shape index (κ3) is 1.00. The van der Waals surface area contributed by atoms with Gasteiger partial charge in [-0.1, -0.05) is 0 Å². The molecule has 0 aliphatic carbocycles. The monoisotopic (exact) mass is 215 g/mol. The largest absolute Gasteiger partial charge is 0.381 e. The Morgan fingerprint density at radius 1 is 1.43 bits per heavy atom. The maximum Gasteiger partial charge on any atom is 0.347 e. The highest BCUT2D eigenvalue weighted by atomic mass is 32.2. The van der Waals surface area contributed by atoms with Crippen molar-refractivity contribution in [2.75, 3.05) is 11.4 Å². The third-order valence-corrected chi connectivity index (χ3v) is 3.31. The second-order valence-electron chi connectivity index (χ2n) is 2.95. The fourth-order valence-electron chi connectivity index (χ4n) is 1.28. The predicted octanol–water partition coefficient (Wildman–Crippen LogP) is -1.18. The molecule has 8 heteroatoms. The van der Waals surface area contributed by atoms with Crippen molar-refractivity contribution in [3.05, 3.63) is 12.0 Å². The van der Waals surface area contributed by atoms with Gasteiger partial charge in [-0.05, 0) is 0 Å². The lowest BCUT2D eigenvalue weighted by molar-refractivity contribution is 0.595. The topological polar surface area (TPSA) is 93.6 Å². The minimum absolute atomic E-state index is 0.0295. The molecule has 2 N–H and O–H groups in total. The first-order chi connectivity index (χ1) is 6.43. The quantitative estimate of drug-likeness (QED) is 0.589. The van der Waals surface area contributed by atoms with Crippen LogP contribution in [0.1, 0.15) is 5.69 Å². The molecular weight excluding hydrogens is 206 g/mol. The van der Waals surface area contributed by atoms with Gasteiger partial charge < -0.3 is 10.3 Å². The number of nitrogens with zero attached hydrogens (tertiary/aromatic N) is 4. The zero-order valence-electron chi connectivity index (χ0n) is 7.67. The van der Waals surface area contributed by atoms with E-state index in [1.165, 1.54) is 13.4 Å². The van der Waals surface area contributed by atoms with Crippen LogP contribution in [-0.4, -0.2) is 30.9 Å². The number of hydrogen-bond donors (Lipinski definition) is 1. The molecule has 0 spiro atoms. The summed E-state index contributed by atoms with van der Waals surface area (Å²) in [6, 6.07) is 0. The smallest absolute Gasteiger partial charge is 0.347 e. The van der Waals surface area contributed by atoms with Crippen LogP contribution in [0.15, 0.2) is 10.7 Å². The van der Waals surface area contributed by atoms with Gasteiger partial charge in [0.2, 0.25) is 0 Å². The fraction of sp³-hybridized carbons (Fsp3) is 0.333. The molecule has 0 aromatic carbocycles. The van der Waals surface area contributed by atoms with Crippen LogP contribution in [0.2, 0.25) is 0 Å². The van der Waals surface area contributed by atoms with Crippen LogP contribution in [0.4, 0.5) is 5.82 Å².